The van der Waals surface area contributed by atoms with Gasteiger partial charge in [-0.05, 0) is 57.9 Å². The fraction of sp³-hybridized carbons (Fsp3) is 0.448. The van der Waals surface area contributed by atoms with Crippen molar-refractivity contribution in [2.75, 3.05) is 31.4 Å². The fourth-order valence-corrected chi connectivity index (χ4v) is 6.24. The number of aromatic nitrogens is 2. The Bertz CT molecular complexity index is 1690. The minimum absolute atomic E-state index is 0.0762. The second kappa shape index (κ2) is 10.7. The van der Waals surface area contributed by atoms with Gasteiger partial charge in [0.2, 0.25) is 0 Å². The minimum Gasteiger partial charge on any atom is -0.453 e. The van der Waals surface area contributed by atoms with Crippen LogP contribution in [0.15, 0.2) is 36.5 Å². The molecule has 0 unspecified atom stereocenters. The van der Waals surface area contributed by atoms with Crippen LogP contribution in [0.5, 0.6) is 11.5 Å². The third-order valence-corrected chi connectivity index (χ3v) is 9.11. The molecule has 42 heavy (non-hydrogen) atoms. The highest BCUT2D eigenvalue weighted by Crippen LogP contribution is 2.56. The third-order valence-electron chi connectivity index (χ3n) is 7.55. The molecule has 11 nitrogen and oxygen atoms in total. The Balaban J connectivity index is 1.31. The summed E-state index contributed by atoms with van der Waals surface area (Å²) in [7, 11) is -2.56. The Morgan fingerprint density at radius 2 is 1.95 bits per heavy atom. The highest BCUT2D eigenvalue weighted by atomic mass is 32.2. The van der Waals surface area contributed by atoms with E-state index in [9.17, 15) is 22.9 Å². The zero-order chi connectivity index (χ0) is 30.4. The van der Waals surface area contributed by atoms with Gasteiger partial charge in [-0.1, -0.05) is 6.92 Å². The molecule has 1 saturated carbocycles. The number of hydrogen-bond acceptors (Lipinski definition) is 8. The highest BCUT2D eigenvalue weighted by molar-refractivity contribution is 7.90. The Morgan fingerprint density at radius 1 is 1.24 bits per heavy atom. The maximum absolute atomic E-state index is 14.8. The first kappa shape index (κ1) is 29.5. The lowest BCUT2D eigenvalue weighted by molar-refractivity contribution is -0.0791. The van der Waals surface area contributed by atoms with E-state index < -0.39 is 27.4 Å². The number of carbonyl (C=O) groups is 1. The second-order valence-electron chi connectivity index (χ2n) is 11.9. The quantitative estimate of drug-likeness (QED) is 0.395. The number of hydrogen-bond donors (Lipinski definition) is 1. The number of fused-ring (bicyclic) bond motifs is 1. The molecule has 0 bridgehead atoms. The van der Waals surface area contributed by atoms with Gasteiger partial charge in [-0.2, -0.15) is 18.0 Å². The number of halogens is 1. The van der Waals surface area contributed by atoms with E-state index in [1.54, 1.807) is 36.2 Å². The van der Waals surface area contributed by atoms with Gasteiger partial charge in [-0.15, -0.1) is 0 Å². The van der Waals surface area contributed by atoms with Crippen LogP contribution in [0, 0.1) is 22.6 Å². The van der Waals surface area contributed by atoms with Crippen LogP contribution < -0.4 is 9.46 Å². The molecule has 1 N–H and O–H groups in total. The van der Waals surface area contributed by atoms with Gasteiger partial charge in [0.15, 0.2) is 11.6 Å². The number of nitrogens with one attached hydrogen (secondary N) is 1. The van der Waals surface area contributed by atoms with E-state index in [0.717, 1.165) is 28.9 Å². The van der Waals surface area contributed by atoms with Crippen LogP contribution >= 0.6 is 0 Å². The van der Waals surface area contributed by atoms with Crippen LogP contribution in [0.1, 0.15) is 57.7 Å². The molecule has 222 valence electrons. The van der Waals surface area contributed by atoms with Gasteiger partial charge in [0, 0.05) is 50.3 Å². The number of rotatable bonds is 7. The predicted octanol–water partition coefficient (Wildman–Crippen LogP) is 5.16. The summed E-state index contributed by atoms with van der Waals surface area (Å²) in [5, 5.41) is 9.76. The van der Waals surface area contributed by atoms with Crippen LogP contribution in [-0.2, 0) is 14.9 Å². The molecule has 2 heterocycles. The molecule has 0 radical (unpaired) electrons. The Hall–Kier alpha value is -4.02. The van der Waals surface area contributed by atoms with Crippen molar-refractivity contribution in [3.05, 3.63) is 53.6 Å². The largest absolute Gasteiger partial charge is 0.453 e. The summed E-state index contributed by atoms with van der Waals surface area (Å²) in [6, 6.07) is 8.94. The van der Waals surface area contributed by atoms with Crippen molar-refractivity contribution in [3.8, 4) is 17.6 Å². The van der Waals surface area contributed by atoms with Crippen molar-refractivity contribution in [2.45, 2.75) is 52.1 Å². The molecule has 5 rings (SSSR count). The van der Waals surface area contributed by atoms with Crippen molar-refractivity contribution in [3.63, 3.8) is 0 Å². The number of carbonyl (C=O) groups excluding carboxylic acids is 1. The van der Waals surface area contributed by atoms with Crippen LogP contribution in [0.2, 0.25) is 0 Å². The summed E-state index contributed by atoms with van der Waals surface area (Å²) in [4.78, 5) is 23.3. The van der Waals surface area contributed by atoms with Crippen molar-refractivity contribution in [1.82, 2.24) is 19.2 Å². The van der Waals surface area contributed by atoms with Gasteiger partial charge in [-0.3, -0.25) is 9.71 Å². The van der Waals surface area contributed by atoms with E-state index in [1.807, 2.05) is 26.8 Å². The first-order valence-corrected chi connectivity index (χ1v) is 15.1. The first-order valence-electron chi connectivity index (χ1n) is 13.6. The average molecular weight is 597 g/mol. The van der Waals surface area contributed by atoms with E-state index in [4.69, 9.17) is 14.5 Å². The van der Waals surface area contributed by atoms with E-state index in [2.05, 4.69) is 9.71 Å². The molecular weight excluding hydrogens is 563 g/mol. The third kappa shape index (κ3) is 5.82. The normalized spacial score (nSPS) is 16.6. The maximum Gasteiger partial charge on any atom is 0.410 e. The summed E-state index contributed by atoms with van der Waals surface area (Å²) in [6.07, 6.45) is 3.23. The van der Waals surface area contributed by atoms with Crippen molar-refractivity contribution < 1.29 is 27.1 Å². The van der Waals surface area contributed by atoms with Crippen LogP contribution in [-0.4, -0.2) is 66.0 Å². The SMILES string of the molecule is CCN(C)S(=O)(=O)Nc1ccc(F)c(Oc2ccc3ncc(C4CC5(C4)CN(C(=O)OC(C)(C)C)C5)nc3c2)c1C#N. The molecule has 1 aromatic heterocycles. The molecule has 13 heteroatoms. The van der Waals surface area contributed by atoms with Gasteiger partial charge in [0.25, 0.3) is 0 Å². The molecule has 2 fully saturated rings. The van der Waals surface area contributed by atoms with Crippen molar-refractivity contribution in [1.29, 1.82) is 5.26 Å². The number of amides is 1. The molecule has 2 aromatic carbocycles. The smallest absolute Gasteiger partial charge is 0.410 e. The molecular formula is C29H33FN6O5S. The molecule has 1 spiro atoms. The van der Waals surface area contributed by atoms with E-state index in [0.29, 0.717) is 24.1 Å². The lowest BCUT2D eigenvalue weighted by Gasteiger charge is -2.58. The average Bonchev–Trinajstić information content (AvgIpc) is 2.87. The second-order valence-corrected chi connectivity index (χ2v) is 13.7. The lowest BCUT2D eigenvalue weighted by Crippen LogP contribution is -2.63. The van der Waals surface area contributed by atoms with Crippen molar-refractivity contribution in [2.24, 2.45) is 5.41 Å². The minimum atomic E-state index is -3.95. The van der Waals surface area contributed by atoms with Gasteiger partial charge < -0.3 is 14.4 Å². The van der Waals surface area contributed by atoms with E-state index >= 15 is 0 Å². The van der Waals surface area contributed by atoms with Gasteiger partial charge in [0.05, 0.1) is 22.4 Å². The Kier molecular flexibility index (Phi) is 7.49. The molecule has 1 saturated heterocycles. The first-order chi connectivity index (χ1) is 19.7. The zero-order valence-electron chi connectivity index (χ0n) is 24.1. The number of nitrogens with zero attached hydrogens (tertiary/aromatic N) is 5. The summed E-state index contributed by atoms with van der Waals surface area (Å²) >= 11 is 0. The van der Waals surface area contributed by atoms with Gasteiger partial charge >= 0.3 is 16.3 Å². The fourth-order valence-electron chi connectivity index (χ4n) is 5.30. The molecule has 2 aliphatic rings. The standard InChI is InChI=1S/C29H33FN6O5S/c1-6-35(5)42(38,39)34-22-10-8-21(30)26(20(22)14-31)40-19-7-9-23-24(11-19)33-25(15-32-23)18-12-29(13-18)16-36(17-29)27(37)41-28(2,3)4/h7-11,15,18,34H,6,12-13,16-17H2,1-5H3. The monoisotopic (exact) mass is 596 g/mol. The lowest BCUT2D eigenvalue weighted by atomic mass is 9.57. The van der Waals surface area contributed by atoms with Crippen LogP contribution in [0.4, 0.5) is 14.9 Å². The maximum atomic E-state index is 14.8. The van der Waals surface area contributed by atoms with E-state index in [1.165, 1.54) is 13.1 Å². The molecule has 0 atom stereocenters. The van der Waals surface area contributed by atoms with Crippen molar-refractivity contribution >= 4 is 33.0 Å². The Morgan fingerprint density at radius 3 is 2.60 bits per heavy atom. The number of likely N-dealkylation sites (tertiary alicyclic amines) is 1. The molecule has 1 aliphatic heterocycles. The highest BCUT2D eigenvalue weighted by Gasteiger charge is 2.55. The number of ether oxygens (including phenoxy) is 2. The van der Waals surface area contributed by atoms with Gasteiger partial charge in [0.1, 0.15) is 23.0 Å². The Labute approximate surface area is 244 Å². The molecule has 1 amide bonds. The number of nitriles is 1. The summed E-state index contributed by atoms with van der Waals surface area (Å²) in [5.41, 5.74) is 1.13. The summed E-state index contributed by atoms with van der Waals surface area (Å²) in [5.74, 6) is -0.812. The molecule has 1 aliphatic carbocycles. The summed E-state index contributed by atoms with van der Waals surface area (Å²) in [6.45, 7) is 8.73. The number of benzene rings is 2. The van der Waals surface area contributed by atoms with Crippen LogP contribution in [0.25, 0.3) is 11.0 Å². The summed E-state index contributed by atoms with van der Waals surface area (Å²) < 4.78 is 54.5. The molecule has 3 aromatic rings. The van der Waals surface area contributed by atoms with Gasteiger partial charge in [-0.25, -0.2) is 14.2 Å². The number of anilines is 1. The topological polar surface area (TPSA) is 138 Å². The van der Waals surface area contributed by atoms with Crippen LogP contribution in [0.3, 0.4) is 0 Å². The predicted molar refractivity (Wildman–Crippen MR) is 154 cm³/mol. The van der Waals surface area contributed by atoms with E-state index in [-0.39, 0.29) is 41.0 Å². The zero-order valence-corrected chi connectivity index (χ0v) is 25.0.